The molecule has 194 valence electrons. The zero-order valence-corrected chi connectivity index (χ0v) is 21.2. The summed E-state index contributed by atoms with van der Waals surface area (Å²) in [6, 6.07) is 17.1. The van der Waals surface area contributed by atoms with Gasteiger partial charge in [0.2, 0.25) is 0 Å². The van der Waals surface area contributed by atoms with E-state index in [2.05, 4.69) is 15.3 Å². The Morgan fingerprint density at radius 2 is 1.76 bits per heavy atom. The molecular weight excluding hydrogens is 485 g/mol. The highest BCUT2D eigenvalue weighted by atomic mass is 19.1. The first-order chi connectivity index (χ1) is 18.3. The summed E-state index contributed by atoms with van der Waals surface area (Å²) in [5, 5.41) is 2.71. The molecule has 0 saturated carbocycles. The van der Waals surface area contributed by atoms with Crippen LogP contribution in [0, 0.1) is 12.7 Å². The summed E-state index contributed by atoms with van der Waals surface area (Å²) in [4.78, 5) is 43.2. The van der Waals surface area contributed by atoms with E-state index >= 15 is 0 Å². The van der Waals surface area contributed by atoms with Crippen molar-refractivity contribution in [2.45, 2.75) is 33.1 Å². The number of benzene rings is 2. The highest BCUT2D eigenvalue weighted by Crippen LogP contribution is 2.26. The number of hydrogen-bond donors (Lipinski definition) is 2. The van der Waals surface area contributed by atoms with Crippen LogP contribution in [0.4, 0.5) is 4.39 Å². The van der Waals surface area contributed by atoms with Crippen LogP contribution < -0.4 is 10.1 Å². The predicted molar refractivity (Wildman–Crippen MR) is 142 cm³/mol. The van der Waals surface area contributed by atoms with Gasteiger partial charge < -0.3 is 15.0 Å². The van der Waals surface area contributed by atoms with Crippen molar-refractivity contribution in [3.63, 3.8) is 0 Å². The van der Waals surface area contributed by atoms with Gasteiger partial charge in [0.25, 0.3) is 5.91 Å². The van der Waals surface area contributed by atoms with Crippen LogP contribution in [0.1, 0.15) is 40.4 Å². The van der Waals surface area contributed by atoms with Crippen LogP contribution in [0.15, 0.2) is 73.1 Å². The third-order valence-corrected chi connectivity index (χ3v) is 5.86. The maximum atomic E-state index is 14.0. The first-order valence-corrected chi connectivity index (χ1v) is 12.2. The first kappa shape index (κ1) is 26.5. The second-order valence-electron chi connectivity index (χ2n) is 9.12. The summed E-state index contributed by atoms with van der Waals surface area (Å²) >= 11 is 0. The van der Waals surface area contributed by atoms with Crippen molar-refractivity contribution < 1.29 is 23.5 Å². The molecule has 0 radical (unpaired) electrons. The number of nitrogens with zero attached hydrogens (tertiary/aromatic N) is 1. The number of carbonyl (C=O) groups is 3. The summed E-state index contributed by atoms with van der Waals surface area (Å²) < 4.78 is 19.9. The van der Waals surface area contributed by atoms with Crippen molar-refractivity contribution in [3.05, 3.63) is 101 Å². The summed E-state index contributed by atoms with van der Waals surface area (Å²) in [5.41, 5.74) is 3.81. The Morgan fingerprint density at radius 3 is 2.53 bits per heavy atom. The summed E-state index contributed by atoms with van der Waals surface area (Å²) in [7, 11) is 0. The van der Waals surface area contributed by atoms with Crippen molar-refractivity contribution in [1.82, 2.24) is 15.3 Å². The molecule has 0 bridgehead atoms. The van der Waals surface area contributed by atoms with Crippen molar-refractivity contribution in [2.75, 3.05) is 6.54 Å². The Balaban J connectivity index is 1.35. The number of ether oxygens (including phenoxy) is 1. The van der Waals surface area contributed by atoms with Crippen LogP contribution in [0.25, 0.3) is 11.4 Å². The zero-order valence-electron chi connectivity index (χ0n) is 21.2. The van der Waals surface area contributed by atoms with Gasteiger partial charge in [-0.2, -0.15) is 0 Å². The number of carbonyl (C=O) groups excluding carboxylic acids is 3. The molecular formula is C30H28FN3O4. The lowest BCUT2D eigenvalue weighted by molar-refractivity contribution is -0.118. The summed E-state index contributed by atoms with van der Waals surface area (Å²) in [6.45, 7) is 3.63. The normalized spacial score (nSPS) is 10.7. The molecule has 0 spiro atoms. The van der Waals surface area contributed by atoms with E-state index in [1.54, 1.807) is 54.9 Å². The topological polar surface area (TPSA) is 101 Å². The maximum absolute atomic E-state index is 14.0. The molecule has 2 aromatic heterocycles. The molecule has 2 N–H and O–H groups in total. The molecule has 0 saturated heterocycles. The minimum atomic E-state index is -0.368. The number of Topliss-reactive ketones (excluding diaryl/α,β-unsaturated/α-hetero) is 2. The SMILES string of the molecule is CC(=O)CCNC(=O)c1c[nH]c(-c2cc(Oc3ccc(CC(=O)Cc4cc(C)ccc4F)cc3)ccn2)c1. The van der Waals surface area contributed by atoms with E-state index in [4.69, 9.17) is 4.74 Å². The van der Waals surface area contributed by atoms with Gasteiger partial charge in [-0.1, -0.05) is 29.8 Å². The van der Waals surface area contributed by atoms with Crippen molar-refractivity contribution in [1.29, 1.82) is 0 Å². The zero-order chi connectivity index (χ0) is 27.1. The van der Waals surface area contributed by atoms with Crippen LogP contribution in [-0.4, -0.2) is 34.0 Å². The lowest BCUT2D eigenvalue weighted by Crippen LogP contribution is -2.25. The van der Waals surface area contributed by atoms with Gasteiger partial charge in [0.15, 0.2) is 0 Å². The number of pyridine rings is 1. The minimum Gasteiger partial charge on any atom is -0.457 e. The van der Waals surface area contributed by atoms with Gasteiger partial charge in [-0.05, 0) is 55.3 Å². The van der Waals surface area contributed by atoms with Gasteiger partial charge in [-0.25, -0.2) is 4.39 Å². The molecule has 7 nitrogen and oxygen atoms in total. The third-order valence-electron chi connectivity index (χ3n) is 5.86. The number of nitrogens with one attached hydrogen (secondary N) is 2. The second-order valence-corrected chi connectivity index (χ2v) is 9.12. The minimum absolute atomic E-state index is 0.0130. The Labute approximate surface area is 220 Å². The highest BCUT2D eigenvalue weighted by molar-refractivity contribution is 5.95. The molecule has 38 heavy (non-hydrogen) atoms. The van der Waals surface area contributed by atoms with E-state index in [0.717, 1.165) is 11.1 Å². The van der Waals surface area contributed by atoms with E-state index in [-0.39, 0.29) is 49.1 Å². The van der Waals surface area contributed by atoms with Crippen LogP contribution in [0.2, 0.25) is 0 Å². The van der Waals surface area contributed by atoms with Gasteiger partial charge >= 0.3 is 0 Å². The largest absolute Gasteiger partial charge is 0.457 e. The van der Waals surface area contributed by atoms with Gasteiger partial charge in [-0.3, -0.25) is 19.4 Å². The van der Waals surface area contributed by atoms with E-state index in [1.165, 1.54) is 13.0 Å². The molecule has 0 atom stereocenters. The predicted octanol–water partition coefficient (Wildman–Crippen LogP) is 5.38. The average Bonchev–Trinajstić information content (AvgIpc) is 3.38. The molecule has 2 aromatic carbocycles. The van der Waals surface area contributed by atoms with Crippen LogP contribution in [0.5, 0.6) is 11.5 Å². The lowest BCUT2D eigenvalue weighted by Gasteiger charge is -2.08. The Hall–Kier alpha value is -4.59. The molecule has 4 aromatic rings. The maximum Gasteiger partial charge on any atom is 0.252 e. The van der Waals surface area contributed by atoms with Crippen molar-refractivity contribution in [3.8, 4) is 22.9 Å². The smallest absolute Gasteiger partial charge is 0.252 e. The van der Waals surface area contributed by atoms with Crippen molar-refractivity contribution >= 4 is 17.5 Å². The molecule has 0 aliphatic rings. The van der Waals surface area contributed by atoms with E-state index in [1.807, 2.05) is 19.1 Å². The number of rotatable bonds is 11. The fourth-order valence-corrected chi connectivity index (χ4v) is 3.90. The Bertz CT molecular complexity index is 1460. The monoisotopic (exact) mass is 513 g/mol. The highest BCUT2D eigenvalue weighted by Gasteiger charge is 2.12. The van der Waals surface area contributed by atoms with E-state index in [0.29, 0.717) is 34.0 Å². The van der Waals surface area contributed by atoms with Gasteiger partial charge in [-0.15, -0.1) is 0 Å². The molecule has 0 aliphatic heterocycles. The van der Waals surface area contributed by atoms with Gasteiger partial charge in [0.05, 0.1) is 17.0 Å². The van der Waals surface area contributed by atoms with Gasteiger partial charge in [0.1, 0.15) is 28.9 Å². The molecule has 8 heteroatoms. The molecule has 2 heterocycles. The number of aromatic nitrogens is 2. The Morgan fingerprint density at radius 1 is 0.974 bits per heavy atom. The Kier molecular flexibility index (Phi) is 8.43. The average molecular weight is 514 g/mol. The van der Waals surface area contributed by atoms with Crippen LogP contribution >= 0.6 is 0 Å². The number of H-pyrrole nitrogens is 1. The molecule has 0 unspecified atom stereocenters. The molecule has 4 rings (SSSR count). The molecule has 0 fully saturated rings. The molecule has 0 aliphatic carbocycles. The number of ketones is 2. The number of halogens is 1. The fraction of sp³-hybridized carbons (Fsp3) is 0.200. The van der Waals surface area contributed by atoms with Crippen LogP contribution in [0.3, 0.4) is 0 Å². The van der Waals surface area contributed by atoms with E-state index in [9.17, 15) is 18.8 Å². The number of aromatic amines is 1. The van der Waals surface area contributed by atoms with Crippen LogP contribution in [-0.2, 0) is 22.4 Å². The molecule has 1 amide bonds. The lowest BCUT2D eigenvalue weighted by atomic mass is 10.0. The van der Waals surface area contributed by atoms with Crippen molar-refractivity contribution in [2.24, 2.45) is 0 Å². The summed E-state index contributed by atoms with van der Waals surface area (Å²) in [5.74, 6) is 0.436. The number of hydrogen-bond acceptors (Lipinski definition) is 5. The quantitative estimate of drug-likeness (QED) is 0.280. The third kappa shape index (κ3) is 7.22. The van der Waals surface area contributed by atoms with E-state index < -0.39 is 0 Å². The second kappa shape index (κ2) is 12.1. The standard InChI is InChI=1S/C30H28FN3O4/c1-19-3-8-27(31)22(13-19)15-24(36)14-21-4-6-25(7-5-21)38-26-10-12-32-29(17-26)28-16-23(18-34-28)30(37)33-11-9-20(2)35/h3-8,10,12-13,16-18,34H,9,11,14-15H2,1-2H3,(H,33,37). The fourth-order valence-electron chi connectivity index (χ4n) is 3.90. The number of aryl methyl sites for hydroxylation is 1. The van der Waals surface area contributed by atoms with Gasteiger partial charge in [0, 0.05) is 44.3 Å². The first-order valence-electron chi connectivity index (χ1n) is 12.2. The number of amides is 1. The summed E-state index contributed by atoms with van der Waals surface area (Å²) in [6.07, 6.45) is 3.72.